The molecule has 0 amide bonds. The number of benzene rings is 1. The smallest absolute Gasteiger partial charge is 0.161 e. The van der Waals surface area contributed by atoms with E-state index in [0.29, 0.717) is 6.10 Å². The largest absolute Gasteiger partial charge is 0.493 e. The summed E-state index contributed by atoms with van der Waals surface area (Å²) in [7, 11) is 3.32. The quantitative estimate of drug-likeness (QED) is 0.675. The maximum absolute atomic E-state index is 5.87. The number of ether oxygens (including phenoxy) is 3. The predicted molar refractivity (Wildman–Crippen MR) is 106 cm³/mol. The molecule has 0 aliphatic carbocycles. The van der Waals surface area contributed by atoms with E-state index in [1.807, 2.05) is 25.3 Å². The molecule has 1 atom stereocenters. The van der Waals surface area contributed by atoms with Crippen molar-refractivity contribution in [3.8, 4) is 11.5 Å². The van der Waals surface area contributed by atoms with E-state index < -0.39 is 0 Å². The van der Waals surface area contributed by atoms with E-state index in [9.17, 15) is 0 Å². The maximum Gasteiger partial charge on any atom is 0.161 e. The number of aromatic nitrogens is 2. The lowest BCUT2D eigenvalue weighted by Gasteiger charge is -2.25. The van der Waals surface area contributed by atoms with E-state index in [1.54, 1.807) is 25.1 Å². The van der Waals surface area contributed by atoms with E-state index in [0.717, 1.165) is 56.3 Å². The minimum absolute atomic E-state index is 0.292. The first-order valence-corrected chi connectivity index (χ1v) is 9.35. The molecule has 1 aromatic heterocycles. The second-order valence-electron chi connectivity index (χ2n) is 6.90. The van der Waals surface area contributed by atoms with Crippen LogP contribution < -0.4 is 9.47 Å². The van der Waals surface area contributed by atoms with Crippen LogP contribution in [0.5, 0.6) is 11.5 Å². The zero-order valence-corrected chi connectivity index (χ0v) is 16.5. The summed E-state index contributed by atoms with van der Waals surface area (Å²) in [6, 6.07) is 6.09. The first-order chi connectivity index (χ1) is 13.1. The molecule has 146 valence electrons. The molecule has 0 radical (unpaired) electrons. The Labute approximate surface area is 161 Å². The third kappa shape index (κ3) is 4.90. The van der Waals surface area contributed by atoms with Crippen LogP contribution in [-0.4, -0.2) is 48.2 Å². The SMILES string of the molecule is C=Cn1cc(CN(Cc2ccc(OC)c(OC)c2)C[C@H]2CCCO2)c(C)n1. The van der Waals surface area contributed by atoms with Crippen LogP contribution in [0.1, 0.15) is 29.7 Å². The first kappa shape index (κ1) is 19.5. The van der Waals surface area contributed by atoms with Gasteiger partial charge in [0.1, 0.15) is 0 Å². The van der Waals surface area contributed by atoms with Gasteiger partial charge in [-0.05, 0) is 37.5 Å². The van der Waals surface area contributed by atoms with E-state index >= 15 is 0 Å². The molecule has 0 unspecified atom stereocenters. The summed E-state index contributed by atoms with van der Waals surface area (Å²) < 4.78 is 18.4. The van der Waals surface area contributed by atoms with Gasteiger partial charge in [-0.1, -0.05) is 12.6 Å². The summed E-state index contributed by atoms with van der Waals surface area (Å²) >= 11 is 0. The molecule has 27 heavy (non-hydrogen) atoms. The first-order valence-electron chi connectivity index (χ1n) is 9.35. The Morgan fingerprint density at radius 2 is 2.11 bits per heavy atom. The minimum atomic E-state index is 0.292. The van der Waals surface area contributed by atoms with Gasteiger partial charge in [-0.25, -0.2) is 4.68 Å². The molecule has 6 nitrogen and oxygen atoms in total. The van der Waals surface area contributed by atoms with Gasteiger partial charge in [-0.2, -0.15) is 5.10 Å². The third-order valence-electron chi connectivity index (χ3n) is 4.94. The number of methoxy groups -OCH3 is 2. The monoisotopic (exact) mass is 371 g/mol. The van der Waals surface area contributed by atoms with Crippen LogP contribution in [0.3, 0.4) is 0 Å². The normalized spacial score (nSPS) is 16.7. The van der Waals surface area contributed by atoms with Crippen LogP contribution in [0, 0.1) is 6.92 Å². The Balaban J connectivity index is 1.78. The number of nitrogens with zero attached hydrogens (tertiary/aromatic N) is 3. The van der Waals surface area contributed by atoms with Crippen molar-refractivity contribution in [2.75, 3.05) is 27.4 Å². The second-order valence-corrected chi connectivity index (χ2v) is 6.90. The second kappa shape index (κ2) is 9.06. The van der Waals surface area contributed by atoms with Gasteiger partial charge in [0.25, 0.3) is 0 Å². The average molecular weight is 371 g/mol. The van der Waals surface area contributed by atoms with Gasteiger partial charge in [0.2, 0.25) is 0 Å². The Morgan fingerprint density at radius 1 is 1.30 bits per heavy atom. The molecule has 1 saturated heterocycles. The molecule has 0 saturated carbocycles. The number of aryl methyl sites for hydroxylation is 1. The van der Waals surface area contributed by atoms with Gasteiger partial charge in [0.15, 0.2) is 11.5 Å². The molecule has 0 bridgehead atoms. The fourth-order valence-corrected chi connectivity index (χ4v) is 3.51. The van der Waals surface area contributed by atoms with Crippen molar-refractivity contribution in [3.63, 3.8) is 0 Å². The fourth-order valence-electron chi connectivity index (χ4n) is 3.51. The molecule has 6 heteroatoms. The summed E-state index contributed by atoms with van der Waals surface area (Å²) in [5, 5.41) is 4.48. The van der Waals surface area contributed by atoms with Crippen LogP contribution >= 0.6 is 0 Å². The molecular formula is C21H29N3O3. The van der Waals surface area contributed by atoms with Gasteiger partial charge in [-0.3, -0.25) is 4.90 Å². The molecule has 1 aromatic carbocycles. The number of hydrogen-bond donors (Lipinski definition) is 0. The van der Waals surface area contributed by atoms with Gasteiger partial charge in [0.05, 0.1) is 26.0 Å². The molecule has 0 N–H and O–H groups in total. The van der Waals surface area contributed by atoms with Crippen LogP contribution in [0.25, 0.3) is 6.20 Å². The Hall–Kier alpha value is -2.31. The molecule has 1 aliphatic rings. The molecule has 2 aromatic rings. The molecule has 3 rings (SSSR count). The molecular weight excluding hydrogens is 342 g/mol. The van der Waals surface area contributed by atoms with Gasteiger partial charge >= 0.3 is 0 Å². The summed E-state index contributed by atoms with van der Waals surface area (Å²) in [4.78, 5) is 2.41. The van der Waals surface area contributed by atoms with Crippen LogP contribution in [0.4, 0.5) is 0 Å². The zero-order chi connectivity index (χ0) is 19.2. The zero-order valence-electron chi connectivity index (χ0n) is 16.5. The highest BCUT2D eigenvalue weighted by Crippen LogP contribution is 2.28. The Morgan fingerprint density at radius 3 is 2.74 bits per heavy atom. The van der Waals surface area contributed by atoms with E-state index in [-0.39, 0.29) is 0 Å². The highest BCUT2D eigenvalue weighted by atomic mass is 16.5. The van der Waals surface area contributed by atoms with Gasteiger partial charge < -0.3 is 14.2 Å². The van der Waals surface area contributed by atoms with Crippen molar-refractivity contribution in [2.24, 2.45) is 0 Å². The average Bonchev–Trinajstić information content (AvgIpc) is 3.31. The standard InChI is InChI=1S/C21H29N3O3/c1-5-24-14-18(16(2)22-24)13-23(15-19-7-6-10-27-19)12-17-8-9-20(25-3)21(11-17)26-4/h5,8-9,11,14,19H,1,6-7,10,12-13,15H2,2-4H3/t19-/m1/s1. The van der Waals surface area contributed by atoms with Crippen molar-refractivity contribution in [2.45, 2.75) is 39.0 Å². The third-order valence-corrected chi connectivity index (χ3v) is 4.94. The van der Waals surface area contributed by atoms with Gasteiger partial charge in [0, 0.05) is 44.2 Å². The van der Waals surface area contributed by atoms with Crippen LogP contribution in [0.15, 0.2) is 31.0 Å². The topological polar surface area (TPSA) is 48.8 Å². The lowest BCUT2D eigenvalue weighted by Crippen LogP contribution is -2.31. The summed E-state index contributed by atoms with van der Waals surface area (Å²) in [6.07, 6.45) is 6.31. The Kier molecular flexibility index (Phi) is 6.53. The molecule has 2 heterocycles. The maximum atomic E-state index is 5.87. The van der Waals surface area contributed by atoms with Crippen molar-refractivity contribution in [1.82, 2.24) is 14.7 Å². The Bertz CT molecular complexity index is 766. The number of hydrogen-bond acceptors (Lipinski definition) is 5. The highest BCUT2D eigenvalue weighted by molar-refractivity contribution is 5.42. The fraction of sp³-hybridized carbons (Fsp3) is 0.476. The summed E-state index contributed by atoms with van der Waals surface area (Å²) in [6.45, 7) is 9.21. The van der Waals surface area contributed by atoms with Crippen LogP contribution in [0.2, 0.25) is 0 Å². The minimum Gasteiger partial charge on any atom is -0.493 e. The molecule has 0 spiro atoms. The number of rotatable bonds is 9. The van der Waals surface area contributed by atoms with Gasteiger partial charge in [-0.15, -0.1) is 0 Å². The lowest BCUT2D eigenvalue weighted by molar-refractivity contribution is 0.0678. The summed E-state index contributed by atoms with van der Waals surface area (Å²) in [5.41, 5.74) is 3.41. The van der Waals surface area contributed by atoms with Crippen LogP contribution in [-0.2, 0) is 17.8 Å². The van der Waals surface area contributed by atoms with E-state index in [4.69, 9.17) is 14.2 Å². The molecule has 1 aliphatic heterocycles. The predicted octanol–water partition coefficient (Wildman–Crippen LogP) is 3.49. The van der Waals surface area contributed by atoms with E-state index in [2.05, 4.69) is 22.6 Å². The van der Waals surface area contributed by atoms with Crippen molar-refractivity contribution >= 4 is 6.20 Å². The summed E-state index contributed by atoms with van der Waals surface area (Å²) in [5.74, 6) is 1.50. The lowest BCUT2D eigenvalue weighted by atomic mass is 10.1. The van der Waals surface area contributed by atoms with Crippen molar-refractivity contribution in [3.05, 3.63) is 47.8 Å². The van der Waals surface area contributed by atoms with Crippen molar-refractivity contribution in [1.29, 1.82) is 0 Å². The van der Waals surface area contributed by atoms with E-state index in [1.165, 1.54) is 11.1 Å². The highest BCUT2D eigenvalue weighted by Gasteiger charge is 2.21. The molecule has 1 fully saturated rings. The van der Waals surface area contributed by atoms with Crippen molar-refractivity contribution < 1.29 is 14.2 Å².